The van der Waals surface area contributed by atoms with E-state index in [0.29, 0.717) is 10.6 Å². The molecule has 8 heteroatoms. The number of hydrogen-bond acceptors (Lipinski definition) is 3. The van der Waals surface area contributed by atoms with Gasteiger partial charge in [0.05, 0.1) is 15.6 Å². The molecule has 110 valence electrons. The molecule has 0 fully saturated rings. The van der Waals surface area contributed by atoms with Crippen molar-refractivity contribution in [3.63, 3.8) is 0 Å². The molecule has 0 radical (unpaired) electrons. The first-order valence-electron chi connectivity index (χ1n) is 5.66. The Labute approximate surface area is 131 Å². The molecule has 0 heterocycles. The van der Waals surface area contributed by atoms with E-state index in [1.54, 1.807) is 12.1 Å². The van der Waals surface area contributed by atoms with Crippen molar-refractivity contribution in [3.05, 3.63) is 58.1 Å². The summed E-state index contributed by atoms with van der Waals surface area (Å²) >= 11 is 11.7. The van der Waals surface area contributed by atoms with Gasteiger partial charge in [-0.05, 0) is 42.5 Å². The summed E-state index contributed by atoms with van der Waals surface area (Å²) in [6.07, 6.45) is 0. The average molecular weight is 345 g/mol. The summed E-state index contributed by atoms with van der Waals surface area (Å²) in [4.78, 5) is 11.9. The Bertz CT molecular complexity index is 790. The van der Waals surface area contributed by atoms with Crippen molar-refractivity contribution in [2.75, 3.05) is 5.32 Å². The van der Waals surface area contributed by atoms with Crippen molar-refractivity contribution < 1.29 is 13.2 Å². The Morgan fingerprint density at radius 2 is 1.67 bits per heavy atom. The van der Waals surface area contributed by atoms with Gasteiger partial charge in [0.2, 0.25) is 10.0 Å². The van der Waals surface area contributed by atoms with E-state index >= 15 is 0 Å². The van der Waals surface area contributed by atoms with E-state index in [2.05, 4.69) is 5.32 Å². The molecule has 5 nitrogen and oxygen atoms in total. The average Bonchev–Trinajstić information content (AvgIpc) is 2.40. The molecule has 0 spiro atoms. The zero-order valence-corrected chi connectivity index (χ0v) is 12.8. The lowest BCUT2D eigenvalue weighted by Gasteiger charge is -2.09. The Hall–Kier alpha value is -1.60. The standard InChI is InChI=1S/C13H10Cl2N2O3S/c14-9-3-1-8(2-4-9)13(18)17-12-7-10(21(16,19)20)5-6-11(12)15/h1-7H,(H,17,18)(H2,16,19,20). The molecule has 0 saturated carbocycles. The van der Waals surface area contributed by atoms with E-state index in [0.717, 1.165) is 0 Å². The van der Waals surface area contributed by atoms with E-state index in [9.17, 15) is 13.2 Å². The number of amides is 1. The quantitative estimate of drug-likeness (QED) is 0.896. The van der Waals surface area contributed by atoms with E-state index in [4.69, 9.17) is 28.3 Å². The first kappa shape index (κ1) is 15.8. The van der Waals surface area contributed by atoms with Gasteiger partial charge in [-0.3, -0.25) is 4.79 Å². The number of sulfonamides is 1. The van der Waals surface area contributed by atoms with Crippen LogP contribution in [0.1, 0.15) is 10.4 Å². The summed E-state index contributed by atoms with van der Waals surface area (Å²) in [6, 6.07) is 10.0. The fourth-order valence-corrected chi connectivity index (χ4v) is 2.40. The lowest BCUT2D eigenvalue weighted by Crippen LogP contribution is -2.15. The van der Waals surface area contributed by atoms with Crippen LogP contribution in [0.15, 0.2) is 47.4 Å². The Morgan fingerprint density at radius 3 is 2.24 bits per heavy atom. The molecule has 0 saturated heterocycles. The molecular weight excluding hydrogens is 335 g/mol. The van der Waals surface area contributed by atoms with E-state index in [1.807, 2.05) is 0 Å². The number of halogens is 2. The van der Waals surface area contributed by atoms with Crippen LogP contribution in [0, 0.1) is 0 Å². The fourth-order valence-electron chi connectivity index (χ4n) is 1.57. The fraction of sp³-hybridized carbons (Fsp3) is 0. The van der Waals surface area contributed by atoms with Crippen molar-refractivity contribution in [2.45, 2.75) is 4.90 Å². The highest BCUT2D eigenvalue weighted by molar-refractivity contribution is 7.89. The molecule has 0 unspecified atom stereocenters. The monoisotopic (exact) mass is 344 g/mol. The van der Waals surface area contributed by atoms with Crippen molar-refractivity contribution in [2.24, 2.45) is 5.14 Å². The second-order valence-electron chi connectivity index (χ2n) is 4.15. The van der Waals surface area contributed by atoms with Crippen LogP contribution in [-0.4, -0.2) is 14.3 Å². The van der Waals surface area contributed by atoms with Crippen molar-refractivity contribution in [1.29, 1.82) is 0 Å². The minimum Gasteiger partial charge on any atom is -0.321 e. The maximum Gasteiger partial charge on any atom is 0.255 e. The normalized spacial score (nSPS) is 11.2. The second-order valence-corrected chi connectivity index (χ2v) is 6.55. The SMILES string of the molecule is NS(=O)(=O)c1ccc(Cl)c(NC(=O)c2ccc(Cl)cc2)c1. The van der Waals surface area contributed by atoms with E-state index < -0.39 is 15.9 Å². The highest BCUT2D eigenvalue weighted by Crippen LogP contribution is 2.25. The minimum atomic E-state index is -3.88. The van der Waals surface area contributed by atoms with Gasteiger partial charge in [0, 0.05) is 10.6 Å². The number of carbonyl (C=O) groups excluding carboxylic acids is 1. The molecule has 2 aromatic carbocycles. The van der Waals surface area contributed by atoms with Gasteiger partial charge >= 0.3 is 0 Å². The molecule has 0 atom stereocenters. The van der Waals surface area contributed by atoms with Gasteiger partial charge in [-0.25, -0.2) is 13.6 Å². The number of benzene rings is 2. The van der Waals surface area contributed by atoms with Gasteiger partial charge in [0.1, 0.15) is 0 Å². The summed E-state index contributed by atoms with van der Waals surface area (Å²) in [5.41, 5.74) is 0.514. The number of carbonyl (C=O) groups is 1. The van der Waals surface area contributed by atoms with Gasteiger partial charge < -0.3 is 5.32 Å². The lowest BCUT2D eigenvalue weighted by atomic mass is 10.2. The van der Waals surface area contributed by atoms with E-state index in [1.165, 1.54) is 30.3 Å². The Kier molecular flexibility index (Phi) is 4.53. The third-order valence-corrected chi connectivity index (χ3v) is 4.11. The van der Waals surface area contributed by atoms with Crippen LogP contribution in [0.5, 0.6) is 0 Å². The largest absolute Gasteiger partial charge is 0.321 e. The Morgan fingerprint density at radius 1 is 1.05 bits per heavy atom. The maximum absolute atomic E-state index is 12.0. The van der Waals surface area contributed by atoms with Crippen LogP contribution in [0.25, 0.3) is 0 Å². The second kappa shape index (κ2) is 6.03. The summed E-state index contributed by atoms with van der Waals surface area (Å²) < 4.78 is 22.6. The molecule has 21 heavy (non-hydrogen) atoms. The zero-order valence-electron chi connectivity index (χ0n) is 10.5. The van der Waals surface area contributed by atoms with Gasteiger partial charge in [-0.2, -0.15) is 0 Å². The molecule has 1 amide bonds. The van der Waals surface area contributed by atoms with Gasteiger partial charge in [0.15, 0.2) is 0 Å². The number of hydrogen-bond donors (Lipinski definition) is 2. The number of rotatable bonds is 3. The number of nitrogens with one attached hydrogen (secondary N) is 1. The molecule has 0 aromatic heterocycles. The number of primary sulfonamides is 1. The van der Waals surface area contributed by atoms with Crippen LogP contribution >= 0.6 is 23.2 Å². The summed E-state index contributed by atoms with van der Waals surface area (Å²) in [5, 5.41) is 8.26. The van der Waals surface area contributed by atoms with Crippen LogP contribution in [0.4, 0.5) is 5.69 Å². The van der Waals surface area contributed by atoms with Crippen LogP contribution in [0.2, 0.25) is 10.0 Å². The van der Waals surface area contributed by atoms with Crippen molar-refractivity contribution in [1.82, 2.24) is 0 Å². The Balaban J connectivity index is 2.31. The van der Waals surface area contributed by atoms with Gasteiger partial charge in [-0.15, -0.1) is 0 Å². The first-order chi connectivity index (χ1) is 9.77. The van der Waals surface area contributed by atoms with E-state index in [-0.39, 0.29) is 15.6 Å². The third-order valence-electron chi connectivity index (χ3n) is 2.62. The summed E-state index contributed by atoms with van der Waals surface area (Å²) in [6.45, 7) is 0. The zero-order chi connectivity index (χ0) is 15.6. The molecule has 0 aliphatic carbocycles. The molecule has 3 N–H and O–H groups in total. The molecule has 0 bridgehead atoms. The minimum absolute atomic E-state index is 0.140. The third kappa shape index (κ3) is 3.95. The topological polar surface area (TPSA) is 89.3 Å². The highest BCUT2D eigenvalue weighted by Gasteiger charge is 2.13. The predicted molar refractivity (Wildman–Crippen MR) is 82.2 cm³/mol. The van der Waals surface area contributed by atoms with Gasteiger partial charge in [-0.1, -0.05) is 23.2 Å². The smallest absolute Gasteiger partial charge is 0.255 e. The van der Waals surface area contributed by atoms with Crippen LogP contribution in [0.3, 0.4) is 0 Å². The molecule has 2 rings (SSSR count). The maximum atomic E-state index is 12.0. The van der Waals surface area contributed by atoms with Crippen LogP contribution in [-0.2, 0) is 10.0 Å². The van der Waals surface area contributed by atoms with Crippen molar-refractivity contribution >= 4 is 44.8 Å². The number of anilines is 1. The molecule has 0 aliphatic heterocycles. The molecule has 0 aliphatic rings. The van der Waals surface area contributed by atoms with Gasteiger partial charge in [0.25, 0.3) is 5.91 Å². The summed E-state index contributed by atoms with van der Waals surface area (Å²) in [7, 11) is -3.88. The lowest BCUT2D eigenvalue weighted by molar-refractivity contribution is 0.102. The summed E-state index contributed by atoms with van der Waals surface area (Å²) in [5.74, 6) is -0.444. The highest BCUT2D eigenvalue weighted by atomic mass is 35.5. The molecule has 2 aromatic rings. The number of nitrogens with two attached hydrogens (primary N) is 1. The predicted octanol–water partition coefficient (Wildman–Crippen LogP) is 2.89. The molecular formula is C13H10Cl2N2O3S. The van der Waals surface area contributed by atoms with Crippen molar-refractivity contribution in [3.8, 4) is 0 Å². The van der Waals surface area contributed by atoms with Crippen LogP contribution < -0.4 is 10.5 Å². The first-order valence-corrected chi connectivity index (χ1v) is 7.97.